The zero-order chi connectivity index (χ0) is 15.9. The van der Waals surface area contributed by atoms with Crippen molar-refractivity contribution >= 4 is 17.6 Å². The molecule has 1 aliphatic heterocycles. The first kappa shape index (κ1) is 17.1. The Morgan fingerprint density at radius 2 is 1.91 bits per heavy atom. The molecule has 2 amide bonds. The molecule has 5 heteroatoms. The Labute approximate surface area is 138 Å². The van der Waals surface area contributed by atoms with E-state index in [1.807, 2.05) is 12.1 Å². The molecular weight excluding hydrogens is 298 g/mol. The lowest BCUT2D eigenvalue weighted by Gasteiger charge is -2.32. The van der Waals surface area contributed by atoms with Gasteiger partial charge in [-0.1, -0.05) is 37.6 Å². The van der Waals surface area contributed by atoms with Crippen molar-refractivity contribution in [3.05, 3.63) is 34.9 Å². The van der Waals surface area contributed by atoms with Gasteiger partial charge in [-0.15, -0.1) is 0 Å². The third-order valence-electron chi connectivity index (χ3n) is 3.91. The number of hydrogen-bond acceptors (Lipinski definition) is 2. The highest BCUT2D eigenvalue weighted by Crippen LogP contribution is 2.15. The smallest absolute Gasteiger partial charge is 0.315 e. The summed E-state index contributed by atoms with van der Waals surface area (Å²) in [5.41, 5.74) is 1.28. The minimum absolute atomic E-state index is 0.0372. The van der Waals surface area contributed by atoms with Gasteiger partial charge in [0, 0.05) is 37.2 Å². The average molecular weight is 324 g/mol. The Morgan fingerprint density at radius 1 is 1.27 bits per heavy atom. The predicted molar refractivity (Wildman–Crippen MR) is 91.1 cm³/mol. The number of likely N-dealkylation sites (tertiary alicyclic amines) is 1. The van der Waals surface area contributed by atoms with E-state index in [2.05, 4.69) is 41.5 Å². The molecular formula is C17H26ClN3O. The summed E-state index contributed by atoms with van der Waals surface area (Å²) in [6.07, 6.45) is 2.01. The highest BCUT2D eigenvalue weighted by molar-refractivity contribution is 6.30. The molecule has 22 heavy (non-hydrogen) atoms. The van der Waals surface area contributed by atoms with Crippen LogP contribution >= 0.6 is 11.6 Å². The third-order valence-corrected chi connectivity index (χ3v) is 4.17. The number of amides is 2. The summed E-state index contributed by atoms with van der Waals surface area (Å²) in [6.45, 7) is 7.88. The Morgan fingerprint density at radius 3 is 2.50 bits per heavy atom. The average Bonchev–Trinajstić information content (AvgIpc) is 2.49. The number of urea groups is 1. The molecule has 0 atom stereocenters. The van der Waals surface area contributed by atoms with Crippen LogP contribution in [0.25, 0.3) is 0 Å². The minimum Gasteiger partial charge on any atom is -0.338 e. The molecule has 0 spiro atoms. The van der Waals surface area contributed by atoms with Crippen molar-refractivity contribution in [3.63, 3.8) is 0 Å². The number of carbonyl (C=O) groups excluding carboxylic acids is 1. The number of hydrogen-bond donors (Lipinski definition) is 2. The molecule has 0 bridgehead atoms. The molecule has 0 saturated carbocycles. The fraction of sp³-hybridized carbons (Fsp3) is 0.588. The summed E-state index contributed by atoms with van der Waals surface area (Å²) in [6, 6.07) is 8.27. The van der Waals surface area contributed by atoms with Crippen LogP contribution in [0.1, 0.15) is 32.3 Å². The van der Waals surface area contributed by atoms with E-state index >= 15 is 0 Å². The minimum atomic E-state index is -0.0372. The maximum absolute atomic E-state index is 11.8. The van der Waals surface area contributed by atoms with Gasteiger partial charge >= 0.3 is 6.03 Å². The van der Waals surface area contributed by atoms with E-state index < -0.39 is 0 Å². The predicted octanol–water partition coefficient (Wildman–Crippen LogP) is 3.26. The number of rotatable bonds is 5. The van der Waals surface area contributed by atoms with Crippen molar-refractivity contribution in [2.75, 3.05) is 19.6 Å². The quantitative estimate of drug-likeness (QED) is 0.873. The number of carbonyl (C=O) groups is 1. The molecule has 0 aliphatic carbocycles. The van der Waals surface area contributed by atoms with Crippen LogP contribution in [0.5, 0.6) is 0 Å². The highest BCUT2D eigenvalue weighted by Gasteiger charge is 2.20. The standard InChI is InChI=1S/C17H26ClN3O/c1-13(2)11-19-17(22)20-16-7-9-21(10-8-16)12-14-3-5-15(18)6-4-14/h3-6,13,16H,7-12H2,1-2H3,(H2,19,20,22). The van der Waals surface area contributed by atoms with Gasteiger partial charge in [-0.3, -0.25) is 4.90 Å². The number of benzene rings is 1. The fourth-order valence-corrected chi connectivity index (χ4v) is 2.74. The van der Waals surface area contributed by atoms with Gasteiger partial charge < -0.3 is 10.6 Å². The summed E-state index contributed by atoms with van der Waals surface area (Å²) in [7, 11) is 0. The number of nitrogens with zero attached hydrogens (tertiary/aromatic N) is 1. The van der Waals surface area contributed by atoms with Gasteiger partial charge in [-0.2, -0.15) is 0 Å². The molecule has 2 N–H and O–H groups in total. The number of halogens is 1. The van der Waals surface area contributed by atoms with Gasteiger partial charge in [0.15, 0.2) is 0 Å². The van der Waals surface area contributed by atoms with E-state index in [4.69, 9.17) is 11.6 Å². The lowest BCUT2D eigenvalue weighted by molar-refractivity contribution is 0.186. The zero-order valence-corrected chi connectivity index (χ0v) is 14.2. The maximum Gasteiger partial charge on any atom is 0.315 e. The number of piperidine rings is 1. The van der Waals surface area contributed by atoms with Gasteiger partial charge in [0.2, 0.25) is 0 Å². The van der Waals surface area contributed by atoms with Crippen LogP contribution in [-0.4, -0.2) is 36.6 Å². The van der Waals surface area contributed by atoms with Crippen LogP contribution in [0.2, 0.25) is 5.02 Å². The molecule has 0 aromatic heterocycles. The molecule has 0 unspecified atom stereocenters. The Kier molecular flexibility index (Phi) is 6.52. The first-order valence-electron chi connectivity index (χ1n) is 8.04. The van der Waals surface area contributed by atoms with Crippen LogP contribution in [0.15, 0.2) is 24.3 Å². The van der Waals surface area contributed by atoms with E-state index in [1.54, 1.807) is 0 Å². The first-order valence-corrected chi connectivity index (χ1v) is 8.42. The first-order chi connectivity index (χ1) is 10.5. The molecule has 1 saturated heterocycles. The van der Waals surface area contributed by atoms with Crippen LogP contribution in [0.3, 0.4) is 0 Å². The summed E-state index contributed by atoms with van der Waals surface area (Å²) in [4.78, 5) is 14.2. The number of nitrogens with one attached hydrogen (secondary N) is 2. The molecule has 1 aromatic carbocycles. The second-order valence-corrected chi connectivity index (χ2v) is 6.86. The van der Waals surface area contributed by atoms with Crippen molar-refractivity contribution in [1.29, 1.82) is 0 Å². The summed E-state index contributed by atoms with van der Waals surface area (Å²) in [5, 5.41) is 6.76. The van der Waals surface area contributed by atoms with Gasteiger partial charge in [0.1, 0.15) is 0 Å². The Bertz CT molecular complexity index is 467. The monoisotopic (exact) mass is 323 g/mol. The second-order valence-electron chi connectivity index (χ2n) is 6.43. The molecule has 1 heterocycles. The van der Waals surface area contributed by atoms with E-state index in [9.17, 15) is 4.79 Å². The van der Waals surface area contributed by atoms with Crippen molar-refractivity contribution in [2.24, 2.45) is 5.92 Å². The van der Waals surface area contributed by atoms with E-state index in [0.29, 0.717) is 5.92 Å². The summed E-state index contributed by atoms with van der Waals surface area (Å²) >= 11 is 5.91. The highest BCUT2D eigenvalue weighted by atomic mass is 35.5. The van der Waals surface area contributed by atoms with E-state index in [1.165, 1.54) is 5.56 Å². The summed E-state index contributed by atoms with van der Waals surface area (Å²) in [5.74, 6) is 0.479. The SMILES string of the molecule is CC(C)CNC(=O)NC1CCN(Cc2ccc(Cl)cc2)CC1. The van der Waals surface area contributed by atoms with Gasteiger partial charge in [-0.25, -0.2) is 4.79 Å². The van der Waals surface area contributed by atoms with Crippen molar-refractivity contribution in [3.8, 4) is 0 Å². The normalized spacial score (nSPS) is 16.7. The Hall–Kier alpha value is -1.26. The van der Waals surface area contributed by atoms with Crippen molar-refractivity contribution < 1.29 is 4.79 Å². The van der Waals surface area contributed by atoms with Crippen LogP contribution < -0.4 is 10.6 Å². The van der Waals surface area contributed by atoms with Gasteiger partial charge in [0.25, 0.3) is 0 Å². The van der Waals surface area contributed by atoms with Crippen LogP contribution in [0.4, 0.5) is 4.79 Å². The molecule has 1 aromatic rings. The molecule has 122 valence electrons. The van der Waals surface area contributed by atoms with Crippen LogP contribution in [0, 0.1) is 5.92 Å². The molecule has 4 nitrogen and oxygen atoms in total. The molecule has 2 rings (SSSR count). The van der Waals surface area contributed by atoms with Crippen molar-refractivity contribution in [1.82, 2.24) is 15.5 Å². The lowest BCUT2D eigenvalue weighted by atomic mass is 10.0. The summed E-state index contributed by atoms with van der Waals surface area (Å²) < 4.78 is 0. The van der Waals surface area contributed by atoms with Gasteiger partial charge in [-0.05, 0) is 36.5 Å². The lowest BCUT2D eigenvalue weighted by Crippen LogP contribution is -2.48. The van der Waals surface area contributed by atoms with Crippen LogP contribution in [-0.2, 0) is 6.54 Å². The van der Waals surface area contributed by atoms with E-state index in [-0.39, 0.29) is 12.1 Å². The van der Waals surface area contributed by atoms with Crippen molar-refractivity contribution in [2.45, 2.75) is 39.3 Å². The fourth-order valence-electron chi connectivity index (χ4n) is 2.62. The zero-order valence-electron chi connectivity index (χ0n) is 13.4. The molecule has 0 radical (unpaired) electrons. The largest absolute Gasteiger partial charge is 0.338 e. The third kappa shape index (κ3) is 5.85. The topological polar surface area (TPSA) is 44.4 Å². The molecule has 1 fully saturated rings. The maximum atomic E-state index is 11.8. The second kappa shape index (κ2) is 8.39. The Balaban J connectivity index is 1.69. The van der Waals surface area contributed by atoms with E-state index in [0.717, 1.165) is 44.0 Å². The molecule has 1 aliphatic rings. The van der Waals surface area contributed by atoms with Gasteiger partial charge in [0.05, 0.1) is 0 Å².